The number of ether oxygens (including phenoxy) is 2. The Morgan fingerprint density at radius 1 is 1.30 bits per heavy atom. The summed E-state index contributed by atoms with van der Waals surface area (Å²) in [6.45, 7) is 2.98. The van der Waals surface area contributed by atoms with Gasteiger partial charge in [0.2, 0.25) is 0 Å². The molecule has 0 amide bonds. The minimum absolute atomic E-state index is 0.163. The summed E-state index contributed by atoms with van der Waals surface area (Å²) >= 11 is 1.67. The Kier molecular flexibility index (Phi) is 5.38. The average molecular weight is 292 g/mol. The molecule has 20 heavy (non-hydrogen) atoms. The summed E-state index contributed by atoms with van der Waals surface area (Å²) in [4.78, 5) is 4.37. The molecule has 1 atom stereocenters. The van der Waals surface area contributed by atoms with Crippen LogP contribution in [-0.4, -0.2) is 25.7 Å². The Balaban J connectivity index is 2.33. The number of rotatable bonds is 7. The molecule has 108 valence electrons. The van der Waals surface area contributed by atoms with Crippen molar-refractivity contribution in [1.29, 1.82) is 0 Å². The van der Waals surface area contributed by atoms with Gasteiger partial charge in [0.25, 0.3) is 0 Å². The van der Waals surface area contributed by atoms with Crippen LogP contribution in [0.2, 0.25) is 0 Å². The van der Waals surface area contributed by atoms with E-state index in [1.165, 1.54) is 0 Å². The molecular formula is C15H20N2O2S. The van der Waals surface area contributed by atoms with Gasteiger partial charge in [-0.1, -0.05) is 19.1 Å². The van der Waals surface area contributed by atoms with Crippen molar-refractivity contribution in [2.45, 2.75) is 19.4 Å². The van der Waals surface area contributed by atoms with E-state index in [0.29, 0.717) is 0 Å². The number of benzene rings is 1. The van der Waals surface area contributed by atoms with Gasteiger partial charge in [-0.05, 0) is 12.6 Å². The number of methoxy groups -OCH3 is 2. The summed E-state index contributed by atoms with van der Waals surface area (Å²) < 4.78 is 10.9. The van der Waals surface area contributed by atoms with E-state index in [0.717, 1.165) is 35.0 Å². The Hall–Kier alpha value is -1.59. The number of para-hydroxylation sites is 1. The highest BCUT2D eigenvalue weighted by atomic mass is 32.1. The summed E-state index contributed by atoms with van der Waals surface area (Å²) in [5.74, 6) is 1.55. The summed E-state index contributed by atoms with van der Waals surface area (Å²) in [6.07, 6.45) is 2.68. The molecule has 2 rings (SSSR count). The van der Waals surface area contributed by atoms with Crippen molar-refractivity contribution in [2.75, 3.05) is 20.8 Å². The van der Waals surface area contributed by atoms with Crippen LogP contribution in [0.25, 0.3) is 0 Å². The number of aromatic nitrogens is 1. The lowest BCUT2D eigenvalue weighted by molar-refractivity contribution is 0.346. The first-order chi connectivity index (χ1) is 9.80. The summed E-state index contributed by atoms with van der Waals surface area (Å²) in [5.41, 5.74) is 1.10. The molecule has 2 aromatic rings. The smallest absolute Gasteiger partial charge is 0.165 e. The predicted molar refractivity (Wildman–Crippen MR) is 81.8 cm³/mol. The number of nitrogens with one attached hydrogen (secondary N) is 1. The minimum atomic E-state index is 0.163. The molecular weight excluding hydrogens is 272 g/mol. The largest absolute Gasteiger partial charge is 0.493 e. The molecule has 0 spiro atoms. The zero-order valence-electron chi connectivity index (χ0n) is 12.1. The van der Waals surface area contributed by atoms with E-state index in [-0.39, 0.29) is 6.04 Å². The first-order valence-corrected chi connectivity index (χ1v) is 7.50. The van der Waals surface area contributed by atoms with Gasteiger partial charge in [-0.3, -0.25) is 0 Å². The first kappa shape index (κ1) is 14.8. The molecule has 1 unspecified atom stereocenters. The standard InChI is InChI=1S/C15H20N2O2S/c1-4-16-12(10-14-17-8-9-20-14)11-6-5-7-13(18-2)15(11)19-3/h5-9,12,16H,4,10H2,1-3H3. The van der Waals surface area contributed by atoms with E-state index in [1.54, 1.807) is 25.6 Å². The number of likely N-dealkylation sites (N-methyl/N-ethyl adjacent to an activating group) is 1. The second kappa shape index (κ2) is 7.26. The summed E-state index contributed by atoms with van der Waals surface area (Å²) in [5, 5.41) is 6.61. The lowest BCUT2D eigenvalue weighted by Gasteiger charge is -2.21. The monoisotopic (exact) mass is 292 g/mol. The minimum Gasteiger partial charge on any atom is -0.493 e. The zero-order valence-corrected chi connectivity index (χ0v) is 12.9. The Bertz CT molecular complexity index is 529. The number of hydrogen-bond acceptors (Lipinski definition) is 5. The maximum absolute atomic E-state index is 5.53. The molecule has 0 radical (unpaired) electrons. The molecule has 4 nitrogen and oxygen atoms in total. The SMILES string of the molecule is CCNC(Cc1nccs1)c1cccc(OC)c1OC. The van der Waals surface area contributed by atoms with Gasteiger partial charge >= 0.3 is 0 Å². The van der Waals surface area contributed by atoms with Crippen molar-refractivity contribution in [3.05, 3.63) is 40.3 Å². The molecule has 0 saturated heterocycles. The number of thiazole rings is 1. The van der Waals surface area contributed by atoms with Crippen LogP contribution in [0, 0.1) is 0 Å². The third-order valence-electron chi connectivity index (χ3n) is 3.12. The van der Waals surface area contributed by atoms with Crippen molar-refractivity contribution in [1.82, 2.24) is 10.3 Å². The Morgan fingerprint density at radius 3 is 2.75 bits per heavy atom. The zero-order chi connectivity index (χ0) is 14.4. The van der Waals surface area contributed by atoms with Gasteiger partial charge in [0, 0.05) is 29.6 Å². The van der Waals surface area contributed by atoms with Gasteiger partial charge < -0.3 is 14.8 Å². The number of nitrogens with zero attached hydrogens (tertiary/aromatic N) is 1. The fourth-order valence-corrected chi connectivity index (χ4v) is 2.92. The van der Waals surface area contributed by atoms with Crippen LogP contribution in [0.5, 0.6) is 11.5 Å². The molecule has 0 saturated carbocycles. The normalized spacial score (nSPS) is 12.2. The maximum atomic E-state index is 5.53. The van der Waals surface area contributed by atoms with Crippen molar-refractivity contribution < 1.29 is 9.47 Å². The van der Waals surface area contributed by atoms with Crippen LogP contribution in [0.3, 0.4) is 0 Å². The lowest BCUT2D eigenvalue weighted by atomic mass is 10.0. The second-order valence-electron chi connectivity index (χ2n) is 4.32. The van der Waals surface area contributed by atoms with Crippen molar-refractivity contribution in [3.63, 3.8) is 0 Å². The van der Waals surface area contributed by atoms with Gasteiger partial charge in [-0.2, -0.15) is 0 Å². The molecule has 0 aliphatic heterocycles. The molecule has 0 aliphatic carbocycles. The Labute approximate surface area is 123 Å². The van der Waals surface area contributed by atoms with E-state index in [4.69, 9.17) is 9.47 Å². The van der Waals surface area contributed by atoms with Gasteiger partial charge in [-0.15, -0.1) is 11.3 Å². The van der Waals surface area contributed by atoms with Crippen LogP contribution in [-0.2, 0) is 6.42 Å². The molecule has 1 heterocycles. The quantitative estimate of drug-likeness (QED) is 0.852. The van der Waals surface area contributed by atoms with Crippen molar-refractivity contribution >= 4 is 11.3 Å². The molecule has 1 aromatic carbocycles. The Morgan fingerprint density at radius 2 is 2.15 bits per heavy atom. The highest BCUT2D eigenvalue weighted by Gasteiger charge is 2.19. The first-order valence-electron chi connectivity index (χ1n) is 6.62. The van der Waals surface area contributed by atoms with Gasteiger partial charge in [0.1, 0.15) is 0 Å². The molecule has 1 N–H and O–H groups in total. The van der Waals surface area contributed by atoms with E-state index in [9.17, 15) is 0 Å². The fraction of sp³-hybridized carbons (Fsp3) is 0.400. The van der Waals surface area contributed by atoms with E-state index < -0.39 is 0 Å². The topological polar surface area (TPSA) is 43.4 Å². The van der Waals surface area contributed by atoms with Crippen molar-refractivity contribution in [2.24, 2.45) is 0 Å². The second-order valence-corrected chi connectivity index (χ2v) is 5.30. The highest BCUT2D eigenvalue weighted by Crippen LogP contribution is 2.35. The summed E-state index contributed by atoms with van der Waals surface area (Å²) in [7, 11) is 3.33. The third kappa shape index (κ3) is 3.29. The number of hydrogen-bond donors (Lipinski definition) is 1. The average Bonchev–Trinajstić information content (AvgIpc) is 2.98. The van der Waals surface area contributed by atoms with Gasteiger partial charge in [0.15, 0.2) is 11.5 Å². The summed E-state index contributed by atoms with van der Waals surface area (Å²) in [6, 6.07) is 6.14. The van der Waals surface area contributed by atoms with Gasteiger partial charge in [0.05, 0.1) is 19.2 Å². The molecule has 0 bridgehead atoms. The van der Waals surface area contributed by atoms with Crippen LogP contribution >= 0.6 is 11.3 Å². The highest BCUT2D eigenvalue weighted by molar-refractivity contribution is 7.09. The van der Waals surface area contributed by atoms with Gasteiger partial charge in [-0.25, -0.2) is 4.98 Å². The third-order valence-corrected chi connectivity index (χ3v) is 3.92. The predicted octanol–water partition coefficient (Wildman–Crippen LogP) is 3.05. The van der Waals surface area contributed by atoms with E-state index in [1.807, 2.05) is 23.7 Å². The van der Waals surface area contributed by atoms with E-state index >= 15 is 0 Å². The van der Waals surface area contributed by atoms with Crippen LogP contribution < -0.4 is 14.8 Å². The fourth-order valence-electron chi connectivity index (χ4n) is 2.25. The van der Waals surface area contributed by atoms with E-state index in [2.05, 4.69) is 23.3 Å². The van der Waals surface area contributed by atoms with Crippen LogP contribution in [0.15, 0.2) is 29.8 Å². The molecule has 0 fully saturated rings. The molecule has 1 aromatic heterocycles. The van der Waals surface area contributed by atoms with Crippen molar-refractivity contribution in [3.8, 4) is 11.5 Å². The molecule has 5 heteroatoms. The van der Waals surface area contributed by atoms with Crippen LogP contribution in [0.4, 0.5) is 0 Å². The maximum Gasteiger partial charge on any atom is 0.165 e. The van der Waals surface area contributed by atoms with Crippen LogP contribution in [0.1, 0.15) is 23.5 Å². The molecule has 0 aliphatic rings. The lowest BCUT2D eigenvalue weighted by Crippen LogP contribution is -2.23.